The number of pyridine rings is 1. The molecular formula is C8H13AcN2Sn-. The van der Waals surface area contributed by atoms with Crippen LogP contribution in [0.1, 0.15) is 0 Å². The van der Waals surface area contributed by atoms with Crippen molar-refractivity contribution in [2.24, 2.45) is 0 Å². The van der Waals surface area contributed by atoms with Crippen molar-refractivity contribution in [3.63, 3.8) is 0 Å². The minimum atomic E-state index is -1.94. The van der Waals surface area contributed by atoms with Gasteiger partial charge in [-0.25, -0.2) is 0 Å². The third-order valence-corrected chi connectivity index (χ3v) is 6.76. The monoisotopic (exact) mass is 484 g/mol. The van der Waals surface area contributed by atoms with E-state index in [4.69, 9.17) is 5.73 Å². The first-order chi connectivity index (χ1) is 5.00. The molecule has 0 unspecified atom stereocenters. The van der Waals surface area contributed by atoms with Crippen LogP contribution in [0.25, 0.3) is 5.73 Å². The van der Waals surface area contributed by atoms with E-state index in [0.717, 1.165) is 0 Å². The summed E-state index contributed by atoms with van der Waals surface area (Å²) < 4.78 is 1.25. The summed E-state index contributed by atoms with van der Waals surface area (Å²) in [5, 5.41) is 0. The third-order valence-electron chi connectivity index (χ3n) is 1.53. The second-order valence-corrected chi connectivity index (χ2v) is 18.0. The van der Waals surface area contributed by atoms with Crippen molar-refractivity contribution in [1.29, 1.82) is 0 Å². The van der Waals surface area contributed by atoms with Gasteiger partial charge in [0.1, 0.15) is 0 Å². The predicted molar refractivity (Wildman–Crippen MR) is 51.2 cm³/mol. The van der Waals surface area contributed by atoms with Gasteiger partial charge in [-0.1, -0.05) is 0 Å². The van der Waals surface area contributed by atoms with Crippen LogP contribution in [0, 0.1) is 44.1 Å². The number of hydrogen-bond acceptors (Lipinski definition) is 1. The minimum absolute atomic E-state index is 0. The first-order valence-corrected chi connectivity index (χ1v) is 13.7. The van der Waals surface area contributed by atoms with Crippen molar-refractivity contribution in [1.82, 2.24) is 4.98 Å². The van der Waals surface area contributed by atoms with Gasteiger partial charge in [0.15, 0.2) is 0 Å². The molecule has 0 spiro atoms. The molecule has 0 fully saturated rings. The van der Waals surface area contributed by atoms with E-state index in [1.54, 1.807) is 6.20 Å². The van der Waals surface area contributed by atoms with Gasteiger partial charge in [0.05, 0.1) is 0 Å². The van der Waals surface area contributed by atoms with E-state index < -0.39 is 18.4 Å². The Morgan fingerprint density at radius 2 is 1.83 bits per heavy atom. The van der Waals surface area contributed by atoms with E-state index in [9.17, 15) is 0 Å². The molecule has 0 aliphatic carbocycles. The topological polar surface area (TPSA) is 36.7 Å². The normalized spacial score (nSPS) is 10.6. The number of nitrogens with zero attached hydrogens (tertiary/aromatic N) is 1. The van der Waals surface area contributed by atoms with Crippen LogP contribution in [0.2, 0.25) is 14.8 Å². The molecule has 1 rings (SSSR count). The first kappa shape index (κ1) is 13.2. The molecular weight excluding hydrogens is 470 g/mol. The Hall–Kier alpha value is 1.19. The van der Waals surface area contributed by atoms with Gasteiger partial charge in [-0.05, 0) is 0 Å². The summed E-state index contributed by atoms with van der Waals surface area (Å²) in [7, 11) is 0. The molecule has 0 aromatic carbocycles. The fourth-order valence-corrected chi connectivity index (χ4v) is 3.79. The summed E-state index contributed by atoms with van der Waals surface area (Å²) in [4.78, 5) is 11.2. The molecule has 0 saturated carbocycles. The standard InChI is InChI=1S/C5H4N2.3CH3.Ac.Sn/c6-5-2-1-3-7-4-5;;;;;/h1-2,4,6H;3*1H3;;/q-1;;;;;. The van der Waals surface area contributed by atoms with E-state index in [1.807, 2.05) is 12.1 Å². The number of rotatable bonds is 1. The molecule has 0 saturated heterocycles. The van der Waals surface area contributed by atoms with Crippen LogP contribution in [0.3, 0.4) is 0 Å². The van der Waals surface area contributed by atoms with E-state index in [2.05, 4.69) is 19.8 Å². The fourth-order valence-electron chi connectivity index (χ4n) is 0.838. The zero-order valence-electron chi connectivity index (χ0n) is 7.76. The van der Waals surface area contributed by atoms with Gasteiger partial charge in [0, 0.05) is 44.1 Å². The van der Waals surface area contributed by atoms with Crippen LogP contribution in [-0.2, 0) is 0 Å². The molecule has 1 radical (unpaired) electrons. The average molecular weight is 483 g/mol. The van der Waals surface area contributed by atoms with Gasteiger partial charge in [0.2, 0.25) is 0 Å². The summed E-state index contributed by atoms with van der Waals surface area (Å²) in [6.45, 7) is 0. The van der Waals surface area contributed by atoms with Crippen molar-refractivity contribution < 1.29 is 44.1 Å². The Bertz CT molecular complexity index is 240. The van der Waals surface area contributed by atoms with Crippen LogP contribution in [0.4, 0.5) is 5.69 Å². The quantitative estimate of drug-likeness (QED) is 0.566. The third kappa shape index (κ3) is 3.93. The molecule has 0 aliphatic rings. The molecule has 4 heteroatoms. The average Bonchev–Trinajstić information content (AvgIpc) is 1.86. The second kappa shape index (κ2) is 5.17. The van der Waals surface area contributed by atoms with Crippen LogP contribution in [0.5, 0.6) is 0 Å². The molecule has 2 nitrogen and oxygen atoms in total. The van der Waals surface area contributed by atoms with Gasteiger partial charge in [0.25, 0.3) is 0 Å². The van der Waals surface area contributed by atoms with Gasteiger partial charge in [-0.3, -0.25) is 0 Å². The zero-order valence-corrected chi connectivity index (χ0v) is 15.4. The predicted octanol–water partition coefficient (Wildman–Crippen LogP) is 2.31. The van der Waals surface area contributed by atoms with Gasteiger partial charge < -0.3 is 0 Å². The van der Waals surface area contributed by atoms with Crippen LogP contribution < -0.4 is 3.71 Å². The molecule has 1 heterocycles. The molecule has 0 aliphatic heterocycles. The van der Waals surface area contributed by atoms with Crippen molar-refractivity contribution in [2.45, 2.75) is 14.8 Å². The van der Waals surface area contributed by atoms with Crippen molar-refractivity contribution in [3.05, 3.63) is 24.1 Å². The maximum absolute atomic E-state index is 7.26. The molecule has 1 N–H and O–H groups in total. The van der Waals surface area contributed by atoms with Crippen molar-refractivity contribution in [3.8, 4) is 0 Å². The van der Waals surface area contributed by atoms with Crippen molar-refractivity contribution in [2.75, 3.05) is 0 Å². The van der Waals surface area contributed by atoms with E-state index in [0.29, 0.717) is 5.69 Å². The maximum atomic E-state index is 7.26. The summed E-state index contributed by atoms with van der Waals surface area (Å²) in [6.07, 6.45) is 1.64. The Labute approximate surface area is 114 Å². The zero-order chi connectivity index (χ0) is 8.48. The Morgan fingerprint density at radius 3 is 2.17 bits per heavy atom. The molecule has 0 amide bonds. The molecule has 1 aromatic rings. The van der Waals surface area contributed by atoms with E-state index in [-0.39, 0.29) is 44.1 Å². The Kier molecular flexibility index (Phi) is 5.68. The second-order valence-electron chi connectivity index (χ2n) is 3.68. The fraction of sp³-hybridized carbons (Fsp3) is 0.375. The number of hydrogen-bond donors (Lipinski definition) is 0. The van der Waals surface area contributed by atoms with Crippen LogP contribution >= 0.6 is 0 Å². The molecule has 63 valence electrons. The molecule has 0 bridgehead atoms. The summed E-state index contributed by atoms with van der Waals surface area (Å²) in [5.74, 6) is 0. The Balaban J connectivity index is 0.00000121. The summed E-state index contributed by atoms with van der Waals surface area (Å²) in [5.41, 5.74) is 7.76. The summed E-state index contributed by atoms with van der Waals surface area (Å²) in [6, 6.07) is 3.82. The van der Waals surface area contributed by atoms with Crippen molar-refractivity contribution >= 4 is 27.8 Å². The van der Waals surface area contributed by atoms with Crippen LogP contribution in [0.15, 0.2) is 18.3 Å². The van der Waals surface area contributed by atoms with E-state index >= 15 is 0 Å². The number of nitrogens with one attached hydrogen (secondary N) is 1. The van der Waals surface area contributed by atoms with Gasteiger partial charge >= 0.3 is 71.6 Å². The van der Waals surface area contributed by atoms with Gasteiger partial charge in [-0.15, -0.1) is 0 Å². The SMILES string of the molecule is [Ac].[CH3][Sn]([CH3])([CH3])[c]1ccc([NH-])cn1. The van der Waals surface area contributed by atoms with Gasteiger partial charge in [-0.2, -0.15) is 0 Å². The first-order valence-electron chi connectivity index (χ1n) is 3.68. The Morgan fingerprint density at radius 1 is 1.25 bits per heavy atom. The van der Waals surface area contributed by atoms with Crippen LogP contribution in [-0.4, -0.2) is 23.4 Å². The molecule has 12 heavy (non-hydrogen) atoms. The summed E-state index contributed by atoms with van der Waals surface area (Å²) >= 11 is -1.94. The number of aromatic nitrogens is 1. The molecule has 1 aromatic heterocycles. The molecule has 0 atom stereocenters. The van der Waals surface area contributed by atoms with E-state index in [1.165, 1.54) is 3.71 Å².